The van der Waals surface area contributed by atoms with Crippen molar-refractivity contribution in [1.29, 1.82) is 0 Å². The lowest BCUT2D eigenvalue weighted by Crippen LogP contribution is -2.10. The largest absolute Gasteiger partial charge is 0.572 e. The molecule has 0 saturated heterocycles. The number of rotatable bonds is 18. The topological polar surface area (TPSA) is 126 Å². The highest BCUT2D eigenvalue weighted by Crippen LogP contribution is 2.58. The molecule has 0 aliphatic heterocycles. The van der Waals surface area contributed by atoms with E-state index >= 15 is 0 Å². The van der Waals surface area contributed by atoms with Gasteiger partial charge >= 0.3 is 8.17 Å². The molecule has 0 saturated carbocycles. The van der Waals surface area contributed by atoms with E-state index in [0.29, 0.717) is 39.5 Å². The van der Waals surface area contributed by atoms with Gasteiger partial charge in [0, 0.05) is 0 Å². The second kappa shape index (κ2) is 17.0. The van der Waals surface area contributed by atoms with Gasteiger partial charge < -0.3 is 17.2 Å². The molecule has 0 atom stereocenters. The first-order valence-corrected chi connectivity index (χ1v) is 10.3. The highest BCUT2D eigenvalue weighted by atomic mass is 31.2. The van der Waals surface area contributed by atoms with Crippen LogP contribution in [0.1, 0.15) is 57.8 Å². The van der Waals surface area contributed by atoms with Crippen molar-refractivity contribution in [3.63, 3.8) is 0 Å². The van der Waals surface area contributed by atoms with E-state index < -0.39 is 8.17 Å². The average Bonchev–Trinajstić information content (AvgIpc) is 2.54. The predicted octanol–water partition coefficient (Wildman–Crippen LogP) is 2.09. The Kier molecular flexibility index (Phi) is 17.1. The standard InChI is InChI=1S/C15H37N3O4P/c16-10-4-1-7-13-20-23(19,21-14-8-2-5-11-17)22-15-9-3-6-12-18/h19H,1-18H2/q+1. The Bertz CT molecular complexity index is 215. The molecular formula is C15H37N3O4P+. The fourth-order valence-corrected chi connectivity index (χ4v) is 3.22. The molecule has 0 rings (SSSR count). The van der Waals surface area contributed by atoms with Gasteiger partial charge in [0.25, 0.3) is 0 Å². The van der Waals surface area contributed by atoms with Gasteiger partial charge in [0.15, 0.2) is 0 Å². The van der Waals surface area contributed by atoms with Crippen molar-refractivity contribution < 1.29 is 18.5 Å². The van der Waals surface area contributed by atoms with E-state index in [1.165, 1.54) is 0 Å². The summed E-state index contributed by atoms with van der Waals surface area (Å²) in [6.45, 7) is 3.31. The number of nitrogens with two attached hydrogens (primary N) is 3. The van der Waals surface area contributed by atoms with Crippen LogP contribution in [-0.4, -0.2) is 44.3 Å². The van der Waals surface area contributed by atoms with E-state index in [9.17, 15) is 4.89 Å². The number of unbranched alkanes of at least 4 members (excludes halogenated alkanes) is 6. The Balaban J connectivity index is 4.00. The first-order valence-electron chi connectivity index (χ1n) is 8.84. The third-order valence-corrected chi connectivity index (χ3v) is 4.84. The van der Waals surface area contributed by atoms with Crippen LogP contribution in [-0.2, 0) is 13.6 Å². The summed E-state index contributed by atoms with van der Waals surface area (Å²) in [5.74, 6) is 0. The molecule has 0 heterocycles. The summed E-state index contributed by atoms with van der Waals surface area (Å²) < 4.78 is 16.6. The Labute approximate surface area is 141 Å². The van der Waals surface area contributed by atoms with E-state index in [4.69, 9.17) is 30.8 Å². The summed E-state index contributed by atoms with van der Waals surface area (Å²) in [6, 6.07) is 0. The molecule has 0 bridgehead atoms. The van der Waals surface area contributed by atoms with Crippen LogP contribution in [0.5, 0.6) is 0 Å². The van der Waals surface area contributed by atoms with Crippen LogP contribution < -0.4 is 17.2 Å². The fourth-order valence-electron chi connectivity index (χ4n) is 1.92. The van der Waals surface area contributed by atoms with Gasteiger partial charge in [0.2, 0.25) is 0 Å². The zero-order valence-electron chi connectivity index (χ0n) is 14.5. The molecule has 0 aliphatic rings. The minimum Gasteiger partial charge on any atom is -0.330 e. The Morgan fingerprint density at radius 1 is 0.522 bits per heavy atom. The lowest BCUT2D eigenvalue weighted by molar-refractivity contribution is 0.0775. The fraction of sp³-hybridized carbons (Fsp3) is 1.00. The molecule has 0 amide bonds. The number of hydrogen-bond acceptors (Lipinski definition) is 7. The minimum atomic E-state index is -3.21. The second-order valence-electron chi connectivity index (χ2n) is 5.52. The monoisotopic (exact) mass is 354 g/mol. The van der Waals surface area contributed by atoms with Gasteiger partial charge in [-0.2, -0.15) is 18.5 Å². The van der Waals surface area contributed by atoms with E-state index in [-0.39, 0.29) is 0 Å². The summed E-state index contributed by atoms with van der Waals surface area (Å²) in [6.07, 6.45) is 8.32. The van der Waals surface area contributed by atoms with Gasteiger partial charge in [0.05, 0.1) is 0 Å². The Morgan fingerprint density at radius 3 is 1.09 bits per heavy atom. The van der Waals surface area contributed by atoms with Gasteiger partial charge in [-0.05, 0) is 77.4 Å². The van der Waals surface area contributed by atoms with Crippen LogP contribution in [0.25, 0.3) is 0 Å². The lowest BCUT2D eigenvalue weighted by Gasteiger charge is -2.15. The van der Waals surface area contributed by atoms with Crippen LogP contribution in [0.4, 0.5) is 0 Å². The molecular weight excluding hydrogens is 317 g/mol. The van der Waals surface area contributed by atoms with E-state index in [1.54, 1.807) is 0 Å². The maximum atomic E-state index is 10.5. The molecule has 0 spiro atoms. The molecule has 0 aromatic carbocycles. The van der Waals surface area contributed by atoms with Crippen molar-refractivity contribution in [2.75, 3.05) is 39.5 Å². The van der Waals surface area contributed by atoms with Crippen LogP contribution in [0.2, 0.25) is 0 Å². The molecule has 0 fully saturated rings. The Hall–Kier alpha value is 0.150. The van der Waals surface area contributed by atoms with Crippen molar-refractivity contribution in [2.45, 2.75) is 57.8 Å². The van der Waals surface area contributed by atoms with Crippen LogP contribution in [0, 0.1) is 0 Å². The molecule has 7 nitrogen and oxygen atoms in total. The van der Waals surface area contributed by atoms with Gasteiger partial charge in [-0.1, -0.05) is 0 Å². The summed E-state index contributed by atoms with van der Waals surface area (Å²) in [7, 11) is -3.21. The van der Waals surface area contributed by atoms with Crippen molar-refractivity contribution in [1.82, 2.24) is 0 Å². The normalized spacial score (nSPS) is 12.0. The molecule has 23 heavy (non-hydrogen) atoms. The zero-order valence-corrected chi connectivity index (χ0v) is 15.4. The summed E-state index contributed by atoms with van der Waals surface area (Å²) >= 11 is 0. The second-order valence-corrected chi connectivity index (χ2v) is 7.23. The van der Waals surface area contributed by atoms with E-state index in [1.807, 2.05) is 0 Å². The highest BCUT2D eigenvalue weighted by Gasteiger charge is 2.44. The molecule has 0 aromatic heterocycles. The summed E-state index contributed by atoms with van der Waals surface area (Å²) in [4.78, 5) is 10.5. The molecule has 0 aliphatic carbocycles. The van der Waals surface area contributed by atoms with Crippen molar-refractivity contribution in [3.05, 3.63) is 0 Å². The predicted molar refractivity (Wildman–Crippen MR) is 95.7 cm³/mol. The third-order valence-electron chi connectivity index (χ3n) is 3.31. The molecule has 0 radical (unpaired) electrons. The van der Waals surface area contributed by atoms with Gasteiger partial charge in [-0.15, -0.1) is 0 Å². The third kappa shape index (κ3) is 15.4. The average molecular weight is 354 g/mol. The SMILES string of the molecule is NCCCCCO[P+](O)(OCCCCCN)OCCCCCN. The summed E-state index contributed by atoms with van der Waals surface area (Å²) in [5.41, 5.74) is 16.4. The molecule has 7 N–H and O–H groups in total. The summed E-state index contributed by atoms with van der Waals surface area (Å²) in [5, 5.41) is 0. The first kappa shape index (κ1) is 23.1. The Morgan fingerprint density at radius 2 is 0.826 bits per heavy atom. The van der Waals surface area contributed by atoms with Crippen molar-refractivity contribution >= 4 is 8.17 Å². The van der Waals surface area contributed by atoms with E-state index in [0.717, 1.165) is 57.8 Å². The minimum absolute atomic E-state index is 0.426. The van der Waals surface area contributed by atoms with E-state index in [2.05, 4.69) is 0 Å². The van der Waals surface area contributed by atoms with Crippen LogP contribution >= 0.6 is 8.17 Å². The maximum absolute atomic E-state index is 10.5. The van der Waals surface area contributed by atoms with Gasteiger partial charge in [-0.25, -0.2) is 0 Å². The van der Waals surface area contributed by atoms with Crippen LogP contribution in [0.3, 0.4) is 0 Å². The molecule has 8 heteroatoms. The maximum Gasteiger partial charge on any atom is 0.572 e. The number of hydrogen-bond donors (Lipinski definition) is 4. The smallest absolute Gasteiger partial charge is 0.330 e. The van der Waals surface area contributed by atoms with Gasteiger partial charge in [0.1, 0.15) is 19.8 Å². The van der Waals surface area contributed by atoms with Gasteiger partial charge in [-0.3, -0.25) is 0 Å². The zero-order chi connectivity index (χ0) is 17.2. The lowest BCUT2D eigenvalue weighted by atomic mass is 10.2. The molecule has 140 valence electrons. The van der Waals surface area contributed by atoms with Crippen molar-refractivity contribution in [3.8, 4) is 0 Å². The quantitative estimate of drug-likeness (QED) is 0.219. The molecule has 0 unspecified atom stereocenters. The van der Waals surface area contributed by atoms with Crippen molar-refractivity contribution in [2.24, 2.45) is 17.2 Å². The first-order chi connectivity index (χ1) is 11.2. The highest BCUT2D eigenvalue weighted by molar-refractivity contribution is 7.55. The molecule has 0 aromatic rings. The van der Waals surface area contributed by atoms with Crippen LogP contribution in [0.15, 0.2) is 0 Å².